The molecule has 1 heterocycles. The summed E-state index contributed by atoms with van der Waals surface area (Å²) in [5.74, 6) is 0.365. The highest BCUT2D eigenvalue weighted by atomic mass is 19.1. The maximum Gasteiger partial charge on any atom is 0.257 e. The average molecular weight is 281 g/mol. The zero-order valence-electron chi connectivity index (χ0n) is 11.1. The lowest BCUT2D eigenvalue weighted by molar-refractivity contribution is 0.0714. The number of methoxy groups -OCH3 is 1. The standard InChI is InChI=1S/C13H16FN3O3/c1-18-6-7-19-5-4-12-16-13(20-17-12)9-2-3-10(14)11(15)8-9/h2-3,8H,4-7,15H2,1H3. The molecule has 108 valence electrons. The number of benzene rings is 1. The van der Waals surface area contributed by atoms with Gasteiger partial charge in [0, 0.05) is 19.1 Å². The number of nitrogen functional groups attached to an aromatic ring is 1. The van der Waals surface area contributed by atoms with Gasteiger partial charge < -0.3 is 19.7 Å². The number of hydrogen-bond acceptors (Lipinski definition) is 6. The first kappa shape index (κ1) is 14.4. The van der Waals surface area contributed by atoms with Crippen LogP contribution in [-0.4, -0.2) is 37.1 Å². The zero-order chi connectivity index (χ0) is 14.4. The van der Waals surface area contributed by atoms with Gasteiger partial charge in [0.15, 0.2) is 5.82 Å². The van der Waals surface area contributed by atoms with E-state index in [1.165, 1.54) is 18.2 Å². The molecule has 2 rings (SSSR count). The largest absolute Gasteiger partial charge is 0.396 e. The minimum atomic E-state index is -0.472. The van der Waals surface area contributed by atoms with Crippen LogP contribution in [0.1, 0.15) is 5.82 Å². The Kier molecular flexibility index (Phi) is 5.03. The maximum absolute atomic E-state index is 13.1. The van der Waals surface area contributed by atoms with Crippen molar-refractivity contribution in [3.05, 3.63) is 29.8 Å². The smallest absolute Gasteiger partial charge is 0.257 e. The monoisotopic (exact) mass is 281 g/mol. The van der Waals surface area contributed by atoms with Gasteiger partial charge in [0.2, 0.25) is 0 Å². The van der Waals surface area contributed by atoms with E-state index in [1.54, 1.807) is 7.11 Å². The predicted molar refractivity (Wildman–Crippen MR) is 70.5 cm³/mol. The van der Waals surface area contributed by atoms with E-state index in [4.69, 9.17) is 19.7 Å². The Morgan fingerprint density at radius 2 is 2.15 bits per heavy atom. The molecule has 7 heteroatoms. The van der Waals surface area contributed by atoms with Gasteiger partial charge in [-0.15, -0.1) is 0 Å². The van der Waals surface area contributed by atoms with Crippen LogP contribution in [-0.2, 0) is 15.9 Å². The van der Waals surface area contributed by atoms with Crippen LogP contribution in [0.4, 0.5) is 10.1 Å². The molecular weight excluding hydrogens is 265 g/mol. The number of nitrogens with two attached hydrogens (primary N) is 1. The number of rotatable bonds is 7. The number of ether oxygens (including phenoxy) is 2. The molecule has 0 spiro atoms. The van der Waals surface area contributed by atoms with Crippen LogP contribution in [0.3, 0.4) is 0 Å². The van der Waals surface area contributed by atoms with E-state index in [9.17, 15) is 4.39 Å². The summed E-state index contributed by atoms with van der Waals surface area (Å²) in [6.45, 7) is 1.55. The van der Waals surface area contributed by atoms with Gasteiger partial charge in [-0.3, -0.25) is 0 Å². The number of hydrogen-bond donors (Lipinski definition) is 1. The normalized spacial score (nSPS) is 10.9. The second-order valence-corrected chi connectivity index (χ2v) is 4.11. The van der Waals surface area contributed by atoms with Crippen molar-refractivity contribution >= 4 is 5.69 Å². The fourth-order valence-corrected chi connectivity index (χ4v) is 1.56. The lowest BCUT2D eigenvalue weighted by Crippen LogP contribution is -2.05. The van der Waals surface area contributed by atoms with Gasteiger partial charge in [0.05, 0.1) is 25.5 Å². The molecule has 0 fully saturated rings. The van der Waals surface area contributed by atoms with Crippen molar-refractivity contribution in [1.29, 1.82) is 0 Å². The second kappa shape index (κ2) is 6.97. The van der Waals surface area contributed by atoms with Gasteiger partial charge in [-0.2, -0.15) is 4.98 Å². The van der Waals surface area contributed by atoms with Crippen LogP contribution >= 0.6 is 0 Å². The summed E-state index contributed by atoms with van der Waals surface area (Å²) in [4.78, 5) is 4.20. The Morgan fingerprint density at radius 1 is 1.30 bits per heavy atom. The van der Waals surface area contributed by atoms with Crippen LogP contribution < -0.4 is 5.73 Å². The van der Waals surface area contributed by atoms with E-state index in [-0.39, 0.29) is 5.69 Å². The highest BCUT2D eigenvalue weighted by molar-refractivity contribution is 5.59. The molecule has 20 heavy (non-hydrogen) atoms. The Labute approximate surface area is 115 Å². The Morgan fingerprint density at radius 3 is 2.90 bits per heavy atom. The molecule has 1 aromatic carbocycles. The van der Waals surface area contributed by atoms with Gasteiger partial charge in [0.25, 0.3) is 5.89 Å². The molecule has 0 aliphatic carbocycles. The molecule has 0 aliphatic rings. The third-order valence-corrected chi connectivity index (χ3v) is 2.61. The van der Waals surface area contributed by atoms with Crippen LogP contribution in [0.25, 0.3) is 11.5 Å². The Bertz CT molecular complexity index is 560. The van der Waals surface area contributed by atoms with E-state index >= 15 is 0 Å². The summed E-state index contributed by atoms with van der Waals surface area (Å²) in [5.41, 5.74) is 6.13. The van der Waals surface area contributed by atoms with Crippen molar-refractivity contribution in [1.82, 2.24) is 10.1 Å². The lowest BCUT2D eigenvalue weighted by Gasteiger charge is -2.00. The summed E-state index contributed by atoms with van der Waals surface area (Å²) in [6.07, 6.45) is 0.532. The van der Waals surface area contributed by atoms with Crippen LogP contribution in [0.15, 0.2) is 22.7 Å². The highest BCUT2D eigenvalue weighted by Gasteiger charge is 2.10. The average Bonchev–Trinajstić information content (AvgIpc) is 2.90. The second-order valence-electron chi connectivity index (χ2n) is 4.11. The molecule has 6 nitrogen and oxygen atoms in total. The molecule has 0 unspecified atom stereocenters. The first-order chi connectivity index (χ1) is 9.70. The third kappa shape index (κ3) is 3.75. The molecule has 0 amide bonds. The van der Waals surface area contributed by atoms with Crippen LogP contribution in [0.5, 0.6) is 0 Å². The maximum atomic E-state index is 13.1. The summed E-state index contributed by atoms with van der Waals surface area (Å²) in [5, 5.41) is 3.83. The quantitative estimate of drug-likeness (QED) is 0.614. The molecule has 0 saturated carbocycles. The van der Waals surface area contributed by atoms with Crippen molar-refractivity contribution in [3.8, 4) is 11.5 Å². The van der Waals surface area contributed by atoms with Gasteiger partial charge >= 0.3 is 0 Å². The van der Waals surface area contributed by atoms with Gasteiger partial charge in [-0.25, -0.2) is 4.39 Å². The number of halogens is 1. The van der Waals surface area contributed by atoms with E-state index in [2.05, 4.69) is 10.1 Å². The molecule has 0 saturated heterocycles. The fraction of sp³-hybridized carbons (Fsp3) is 0.385. The summed E-state index contributed by atoms with van der Waals surface area (Å²) in [6, 6.07) is 4.27. The molecule has 1 aromatic heterocycles. The van der Waals surface area contributed by atoms with Gasteiger partial charge in [0.1, 0.15) is 5.82 Å². The first-order valence-corrected chi connectivity index (χ1v) is 6.15. The predicted octanol–water partition coefficient (Wildman–Crippen LogP) is 1.66. The topological polar surface area (TPSA) is 83.4 Å². The minimum absolute atomic E-state index is 0.0464. The van der Waals surface area contributed by atoms with Crippen molar-refractivity contribution in [3.63, 3.8) is 0 Å². The van der Waals surface area contributed by atoms with Crippen molar-refractivity contribution in [2.24, 2.45) is 0 Å². The molecule has 0 aliphatic heterocycles. The summed E-state index contributed by atoms with van der Waals surface area (Å²) < 4.78 is 28.3. The van der Waals surface area contributed by atoms with E-state index in [0.29, 0.717) is 43.5 Å². The van der Waals surface area contributed by atoms with Gasteiger partial charge in [-0.1, -0.05) is 5.16 Å². The van der Waals surface area contributed by atoms with Gasteiger partial charge in [-0.05, 0) is 18.2 Å². The zero-order valence-corrected chi connectivity index (χ0v) is 11.1. The van der Waals surface area contributed by atoms with E-state index in [1.807, 2.05) is 0 Å². The molecular formula is C13H16FN3O3. The third-order valence-electron chi connectivity index (χ3n) is 2.61. The van der Waals surface area contributed by atoms with Crippen molar-refractivity contribution < 1.29 is 18.4 Å². The summed E-state index contributed by atoms with van der Waals surface area (Å²) in [7, 11) is 1.61. The van der Waals surface area contributed by atoms with Crippen molar-refractivity contribution in [2.45, 2.75) is 6.42 Å². The molecule has 0 bridgehead atoms. The Balaban J connectivity index is 1.93. The molecule has 2 aromatic rings. The number of anilines is 1. The number of aromatic nitrogens is 2. The Hall–Kier alpha value is -1.99. The van der Waals surface area contributed by atoms with Crippen molar-refractivity contribution in [2.75, 3.05) is 32.7 Å². The SMILES string of the molecule is COCCOCCc1noc(-c2ccc(F)c(N)c2)n1. The molecule has 2 N–H and O–H groups in total. The van der Waals surface area contributed by atoms with Crippen LogP contribution in [0.2, 0.25) is 0 Å². The van der Waals surface area contributed by atoms with E-state index < -0.39 is 5.82 Å². The van der Waals surface area contributed by atoms with Crippen LogP contribution in [0, 0.1) is 5.82 Å². The van der Waals surface area contributed by atoms with E-state index in [0.717, 1.165) is 0 Å². The lowest BCUT2D eigenvalue weighted by atomic mass is 10.2. The minimum Gasteiger partial charge on any atom is -0.396 e. The summed E-state index contributed by atoms with van der Waals surface area (Å²) >= 11 is 0. The highest BCUT2D eigenvalue weighted by Crippen LogP contribution is 2.21. The molecule has 0 radical (unpaired) electrons. The fourth-order valence-electron chi connectivity index (χ4n) is 1.56. The number of nitrogens with zero attached hydrogens (tertiary/aromatic N) is 2. The molecule has 0 atom stereocenters. The first-order valence-electron chi connectivity index (χ1n) is 6.15.